The highest BCUT2D eigenvalue weighted by Crippen LogP contribution is 2.43. The van der Waals surface area contributed by atoms with Crippen molar-refractivity contribution in [3.8, 4) is 39.5 Å². The Labute approximate surface area is 330 Å². The molecule has 0 aliphatic heterocycles. The van der Waals surface area contributed by atoms with Crippen molar-refractivity contribution in [1.82, 2.24) is 4.98 Å². The van der Waals surface area contributed by atoms with Crippen LogP contribution in [0.2, 0.25) is 0 Å². The van der Waals surface area contributed by atoms with Crippen LogP contribution in [0.3, 0.4) is 0 Å². The number of phenolic OH excluding ortho intramolecular Hbond substituents is 1. The van der Waals surface area contributed by atoms with E-state index in [4.69, 9.17) is 14.4 Å². The summed E-state index contributed by atoms with van der Waals surface area (Å²) in [7, 11) is 0. The first kappa shape index (κ1) is 36.9. The first-order valence-electron chi connectivity index (χ1n) is 19.5. The van der Waals surface area contributed by atoms with E-state index in [2.05, 4.69) is 178 Å². The van der Waals surface area contributed by atoms with E-state index in [9.17, 15) is 5.11 Å². The summed E-state index contributed by atoms with van der Waals surface area (Å²) in [5.74, 6) is 0.755. The molecule has 0 radical (unpaired) electrons. The maximum atomic E-state index is 11.6. The molecule has 0 aliphatic rings. The molecule has 7 aromatic carbocycles. The highest BCUT2D eigenvalue weighted by Gasteiger charge is 2.26. The molecule has 0 aliphatic carbocycles. The number of rotatable bonds is 5. The number of aliphatic imine (C=N–C) groups is 1. The minimum Gasteiger partial charge on any atom is -0.507 e. The Balaban J connectivity index is 1.27. The SMILES string of the molecule is CC(C)(C)c1cc(C=Nc2c(-c3nc4c(-c5ccc(-c6ccc7ccccc7c6)cc5)cc(C(C)(C)C)cc4o3)ccc3ccccc23)c(O)c(C(C)(C)C)c1. The number of phenols is 1. The molecule has 280 valence electrons. The van der Waals surface area contributed by atoms with E-state index >= 15 is 0 Å². The van der Waals surface area contributed by atoms with E-state index in [1.807, 2.05) is 12.1 Å². The first-order chi connectivity index (χ1) is 26.5. The lowest BCUT2D eigenvalue weighted by atomic mass is 9.79. The molecule has 1 N–H and O–H groups in total. The molecule has 4 heteroatoms. The summed E-state index contributed by atoms with van der Waals surface area (Å²) >= 11 is 0. The summed E-state index contributed by atoms with van der Waals surface area (Å²) < 4.78 is 6.74. The van der Waals surface area contributed by atoms with Gasteiger partial charge in [0.05, 0.1) is 11.3 Å². The smallest absolute Gasteiger partial charge is 0.229 e. The van der Waals surface area contributed by atoms with Gasteiger partial charge in [0.1, 0.15) is 11.3 Å². The highest BCUT2D eigenvalue weighted by molar-refractivity contribution is 6.03. The largest absolute Gasteiger partial charge is 0.507 e. The fourth-order valence-corrected chi connectivity index (χ4v) is 7.47. The maximum absolute atomic E-state index is 11.6. The normalized spacial score (nSPS) is 12.7. The van der Waals surface area contributed by atoms with Gasteiger partial charge in [-0.25, -0.2) is 4.98 Å². The van der Waals surface area contributed by atoms with Crippen LogP contribution in [0, 0.1) is 0 Å². The molecule has 0 fully saturated rings. The van der Waals surface area contributed by atoms with Gasteiger partial charge in [-0.05, 0) is 90.6 Å². The van der Waals surface area contributed by atoms with Crippen LogP contribution in [0.4, 0.5) is 5.69 Å². The van der Waals surface area contributed by atoms with Crippen molar-refractivity contribution >= 4 is 44.5 Å². The predicted octanol–water partition coefficient (Wildman–Crippen LogP) is 14.5. The summed E-state index contributed by atoms with van der Waals surface area (Å²) in [5, 5.41) is 16.1. The van der Waals surface area contributed by atoms with Gasteiger partial charge in [0.25, 0.3) is 0 Å². The zero-order chi connectivity index (χ0) is 39.6. The van der Waals surface area contributed by atoms with Gasteiger partial charge in [0.2, 0.25) is 5.89 Å². The Morgan fingerprint density at radius 1 is 0.554 bits per heavy atom. The van der Waals surface area contributed by atoms with Crippen molar-refractivity contribution < 1.29 is 9.52 Å². The van der Waals surface area contributed by atoms with Gasteiger partial charge in [0, 0.05) is 28.3 Å². The van der Waals surface area contributed by atoms with E-state index in [0.29, 0.717) is 11.5 Å². The zero-order valence-corrected chi connectivity index (χ0v) is 34.0. The van der Waals surface area contributed by atoms with Crippen LogP contribution in [0.5, 0.6) is 5.75 Å². The van der Waals surface area contributed by atoms with Crippen molar-refractivity contribution in [2.24, 2.45) is 4.99 Å². The fraction of sp³-hybridized carbons (Fsp3) is 0.231. The van der Waals surface area contributed by atoms with Crippen molar-refractivity contribution in [2.75, 3.05) is 0 Å². The van der Waals surface area contributed by atoms with E-state index < -0.39 is 0 Å². The van der Waals surface area contributed by atoms with Gasteiger partial charge in [-0.15, -0.1) is 0 Å². The molecular weight excluding hydrogens is 685 g/mol. The molecule has 0 bridgehead atoms. The average Bonchev–Trinajstić information content (AvgIpc) is 3.60. The van der Waals surface area contributed by atoms with Crippen molar-refractivity contribution in [3.63, 3.8) is 0 Å². The lowest BCUT2D eigenvalue weighted by molar-refractivity contribution is 0.444. The van der Waals surface area contributed by atoms with Crippen LogP contribution in [0.1, 0.15) is 84.6 Å². The second-order valence-electron chi connectivity index (χ2n) is 18.2. The van der Waals surface area contributed by atoms with Crippen LogP contribution in [0.25, 0.3) is 66.4 Å². The topological polar surface area (TPSA) is 58.6 Å². The Morgan fingerprint density at radius 3 is 1.86 bits per heavy atom. The maximum Gasteiger partial charge on any atom is 0.229 e. The van der Waals surface area contributed by atoms with Gasteiger partial charge in [-0.2, -0.15) is 0 Å². The number of oxazole rings is 1. The summed E-state index contributed by atoms with van der Waals surface area (Å²) in [5.41, 5.74) is 10.9. The Hall–Kier alpha value is -6.00. The molecule has 1 aromatic heterocycles. The number of aromatic nitrogens is 1. The first-order valence-corrected chi connectivity index (χ1v) is 19.5. The Morgan fingerprint density at radius 2 is 1.16 bits per heavy atom. The highest BCUT2D eigenvalue weighted by atomic mass is 16.3. The molecule has 0 atom stereocenters. The summed E-state index contributed by atoms with van der Waals surface area (Å²) in [6.45, 7) is 19.7. The second-order valence-corrected chi connectivity index (χ2v) is 18.2. The number of fused-ring (bicyclic) bond motifs is 3. The van der Waals surface area contributed by atoms with E-state index in [1.165, 1.54) is 21.9 Å². The number of nitrogens with zero attached hydrogens (tertiary/aromatic N) is 2. The zero-order valence-electron chi connectivity index (χ0n) is 34.0. The average molecular weight is 735 g/mol. The van der Waals surface area contributed by atoms with Crippen molar-refractivity contribution in [1.29, 1.82) is 0 Å². The third kappa shape index (κ3) is 7.01. The molecule has 8 aromatic rings. The number of benzene rings is 7. The Kier molecular flexibility index (Phi) is 9.00. The van der Waals surface area contributed by atoms with Crippen LogP contribution in [-0.2, 0) is 16.2 Å². The molecule has 8 rings (SSSR count). The molecular formula is C52H50N2O2. The summed E-state index contributed by atoms with van der Waals surface area (Å²) in [4.78, 5) is 10.4. The summed E-state index contributed by atoms with van der Waals surface area (Å²) in [6.07, 6.45) is 1.80. The third-order valence-electron chi connectivity index (χ3n) is 10.9. The quantitative estimate of drug-likeness (QED) is 0.179. The minimum absolute atomic E-state index is 0.112. The molecule has 1 heterocycles. The van der Waals surface area contributed by atoms with Gasteiger partial charge in [-0.3, -0.25) is 4.99 Å². The van der Waals surface area contributed by atoms with Crippen LogP contribution in [-0.4, -0.2) is 16.3 Å². The molecule has 0 amide bonds. The van der Waals surface area contributed by atoms with Crippen molar-refractivity contribution in [2.45, 2.75) is 78.6 Å². The minimum atomic E-state index is -0.253. The molecule has 4 nitrogen and oxygen atoms in total. The number of hydrogen-bond acceptors (Lipinski definition) is 4. The number of hydrogen-bond donors (Lipinski definition) is 1. The molecule has 56 heavy (non-hydrogen) atoms. The van der Waals surface area contributed by atoms with E-state index in [-0.39, 0.29) is 22.0 Å². The Bertz CT molecular complexity index is 2800. The van der Waals surface area contributed by atoms with Crippen LogP contribution in [0.15, 0.2) is 137 Å². The van der Waals surface area contributed by atoms with Gasteiger partial charge in [-0.1, -0.05) is 159 Å². The third-order valence-corrected chi connectivity index (χ3v) is 10.9. The van der Waals surface area contributed by atoms with Crippen LogP contribution >= 0.6 is 0 Å². The van der Waals surface area contributed by atoms with Crippen LogP contribution < -0.4 is 0 Å². The van der Waals surface area contributed by atoms with E-state index in [0.717, 1.165) is 60.9 Å². The van der Waals surface area contributed by atoms with Gasteiger partial charge in [0.15, 0.2) is 5.58 Å². The van der Waals surface area contributed by atoms with Gasteiger partial charge >= 0.3 is 0 Å². The standard InChI is InChI=1S/C52H50N2O2/c1-50(2,3)39-27-38(48(55)44(29-39)52(7,8)9)31-53-46-41-17-13-12-15-34(41)24-25-42(46)49-54-47-43(28-40(51(4,5)6)30-45(47)56-49)35-21-18-33(19-22-35)37-23-20-32-14-10-11-16-36(32)26-37/h10-31,55H,1-9H3. The lowest BCUT2D eigenvalue weighted by Crippen LogP contribution is -2.17. The fourth-order valence-electron chi connectivity index (χ4n) is 7.47. The number of aromatic hydroxyl groups is 1. The van der Waals surface area contributed by atoms with Gasteiger partial charge < -0.3 is 9.52 Å². The molecule has 0 unspecified atom stereocenters. The summed E-state index contributed by atoms with van der Waals surface area (Å²) in [6, 6.07) is 44.8. The monoisotopic (exact) mass is 734 g/mol. The lowest BCUT2D eigenvalue weighted by Gasteiger charge is -2.27. The van der Waals surface area contributed by atoms with Crippen molar-refractivity contribution in [3.05, 3.63) is 150 Å². The molecule has 0 saturated heterocycles. The molecule has 0 spiro atoms. The predicted molar refractivity (Wildman–Crippen MR) is 237 cm³/mol. The second kappa shape index (κ2) is 13.6. The molecule has 0 saturated carbocycles. The van der Waals surface area contributed by atoms with E-state index in [1.54, 1.807) is 6.21 Å².